The molecule has 2 nitrogen and oxygen atoms in total. The molecule has 0 aliphatic heterocycles. The van der Waals surface area contributed by atoms with Gasteiger partial charge in [0.2, 0.25) is 0 Å². The van der Waals surface area contributed by atoms with Crippen LogP contribution in [0.5, 0.6) is 0 Å². The minimum atomic E-state index is 0. The predicted molar refractivity (Wildman–Crippen MR) is 48.3 cm³/mol. The first-order valence-corrected chi connectivity index (χ1v) is 3.17. The Labute approximate surface area is 81.9 Å². The van der Waals surface area contributed by atoms with Crippen molar-refractivity contribution in [1.29, 1.82) is 0 Å². The SMILES string of the molecule is CCN(CC)C(N)=S.[PbH2]. The fourth-order valence-corrected chi connectivity index (χ4v) is 0.793. The zero-order valence-corrected chi connectivity index (χ0v) is 12.4. The Balaban J connectivity index is 0. The van der Waals surface area contributed by atoms with Crippen molar-refractivity contribution in [3.05, 3.63) is 0 Å². The second-order valence-electron chi connectivity index (χ2n) is 1.51. The molecular formula is C5H14N2PbS. The molecule has 0 aromatic rings. The Morgan fingerprint density at radius 1 is 1.44 bits per heavy atom. The van der Waals surface area contributed by atoms with Gasteiger partial charge in [-0.15, -0.1) is 0 Å². The predicted octanol–water partition coefficient (Wildman–Crippen LogP) is -0.344. The average molecular weight is 341 g/mol. The van der Waals surface area contributed by atoms with Gasteiger partial charge in [0, 0.05) is 13.1 Å². The number of nitrogens with zero attached hydrogens (tertiary/aromatic N) is 1. The molecule has 54 valence electrons. The van der Waals surface area contributed by atoms with Gasteiger partial charge in [0.15, 0.2) is 5.11 Å². The molecule has 0 aromatic heterocycles. The Hall–Kier alpha value is 0.612. The van der Waals surface area contributed by atoms with E-state index in [-0.39, 0.29) is 27.3 Å². The van der Waals surface area contributed by atoms with Crippen LogP contribution < -0.4 is 5.73 Å². The standard InChI is InChI=1S/C5H12N2S.Pb.2H/c1-3-7(4-2)5(6)8;;;/h3-4H2,1-2H3,(H2,6,8);;;. The van der Waals surface area contributed by atoms with Gasteiger partial charge in [-0.3, -0.25) is 0 Å². The van der Waals surface area contributed by atoms with E-state index in [1.807, 2.05) is 18.7 Å². The topological polar surface area (TPSA) is 29.3 Å². The van der Waals surface area contributed by atoms with Gasteiger partial charge in [-0.2, -0.15) is 0 Å². The van der Waals surface area contributed by atoms with E-state index >= 15 is 0 Å². The summed E-state index contributed by atoms with van der Waals surface area (Å²) in [6.07, 6.45) is 0. The maximum absolute atomic E-state index is 5.32. The minimum absolute atomic E-state index is 0. The molecule has 0 saturated heterocycles. The Morgan fingerprint density at radius 3 is 1.78 bits per heavy atom. The molecule has 0 aliphatic carbocycles. The molecule has 0 bridgehead atoms. The van der Waals surface area contributed by atoms with Crippen molar-refractivity contribution in [3.63, 3.8) is 0 Å². The molecule has 0 fully saturated rings. The zero-order valence-electron chi connectivity index (χ0n) is 6.05. The molecule has 0 spiro atoms. The number of nitrogens with two attached hydrogens (primary N) is 1. The van der Waals surface area contributed by atoms with Gasteiger partial charge in [-0.25, -0.2) is 0 Å². The third-order valence-electron chi connectivity index (χ3n) is 1.08. The van der Waals surface area contributed by atoms with Crippen LogP contribution in [-0.2, 0) is 0 Å². The summed E-state index contributed by atoms with van der Waals surface area (Å²) < 4.78 is 0. The van der Waals surface area contributed by atoms with Crippen molar-refractivity contribution in [2.75, 3.05) is 13.1 Å². The molecule has 0 atom stereocenters. The quantitative estimate of drug-likeness (QED) is 0.550. The van der Waals surface area contributed by atoms with Crippen LogP contribution in [-0.4, -0.2) is 50.4 Å². The summed E-state index contributed by atoms with van der Waals surface area (Å²) in [5, 5.41) is 0.495. The number of hydrogen-bond acceptors (Lipinski definition) is 1. The van der Waals surface area contributed by atoms with E-state index < -0.39 is 0 Å². The van der Waals surface area contributed by atoms with E-state index in [9.17, 15) is 0 Å². The third kappa shape index (κ3) is 5.08. The number of thiocarbonyl (C=S) groups is 1. The van der Waals surface area contributed by atoms with Gasteiger partial charge in [0.25, 0.3) is 0 Å². The van der Waals surface area contributed by atoms with E-state index in [1.54, 1.807) is 0 Å². The first kappa shape index (κ1) is 12.3. The van der Waals surface area contributed by atoms with Crippen LogP contribution in [0.15, 0.2) is 0 Å². The van der Waals surface area contributed by atoms with E-state index in [0.29, 0.717) is 5.11 Å². The fraction of sp³-hybridized carbons (Fsp3) is 0.800. The van der Waals surface area contributed by atoms with Crippen molar-refractivity contribution in [1.82, 2.24) is 4.90 Å². The summed E-state index contributed by atoms with van der Waals surface area (Å²) in [4.78, 5) is 1.93. The zero-order chi connectivity index (χ0) is 6.57. The molecular weight excluding hydrogens is 327 g/mol. The number of hydrogen-bond donors (Lipinski definition) is 1. The Bertz CT molecular complexity index is 83.0. The van der Waals surface area contributed by atoms with Crippen molar-refractivity contribution >= 4 is 44.6 Å². The van der Waals surface area contributed by atoms with E-state index in [2.05, 4.69) is 0 Å². The summed E-state index contributed by atoms with van der Waals surface area (Å²) in [5.41, 5.74) is 5.32. The van der Waals surface area contributed by atoms with Gasteiger partial charge in [0.1, 0.15) is 0 Å². The van der Waals surface area contributed by atoms with Gasteiger partial charge in [-0.05, 0) is 26.1 Å². The first-order chi connectivity index (χ1) is 3.72. The maximum atomic E-state index is 5.32. The average Bonchev–Trinajstić information content (AvgIpc) is 1.69. The van der Waals surface area contributed by atoms with Crippen LogP contribution >= 0.6 is 12.2 Å². The molecule has 2 N–H and O–H groups in total. The van der Waals surface area contributed by atoms with Crippen LogP contribution in [0.25, 0.3) is 0 Å². The molecule has 0 saturated carbocycles. The monoisotopic (exact) mass is 342 g/mol. The van der Waals surface area contributed by atoms with Crippen LogP contribution in [0.1, 0.15) is 13.8 Å². The van der Waals surface area contributed by atoms with Crippen LogP contribution in [0.4, 0.5) is 0 Å². The molecule has 0 heterocycles. The first-order valence-electron chi connectivity index (χ1n) is 2.76. The van der Waals surface area contributed by atoms with E-state index in [1.165, 1.54) is 0 Å². The summed E-state index contributed by atoms with van der Waals surface area (Å²) >= 11 is 4.72. The summed E-state index contributed by atoms with van der Waals surface area (Å²) in [5.74, 6) is 0. The van der Waals surface area contributed by atoms with Gasteiger partial charge < -0.3 is 10.6 Å². The molecule has 0 rings (SSSR count). The molecule has 4 heteroatoms. The Morgan fingerprint density at radius 2 is 1.78 bits per heavy atom. The molecule has 0 aliphatic rings. The van der Waals surface area contributed by atoms with Crippen molar-refractivity contribution in [2.24, 2.45) is 5.73 Å². The normalized spacial score (nSPS) is 7.78. The second-order valence-corrected chi connectivity index (χ2v) is 1.93. The van der Waals surface area contributed by atoms with E-state index in [0.717, 1.165) is 13.1 Å². The summed E-state index contributed by atoms with van der Waals surface area (Å²) in [7, 11) is 0. The van der Waals surface area contributed by atoms with Crippen molar-refractivity contribution < 1.29 is 0 Å². The van der Waals surface area contributed by atoms with Crippen LogP contribution in [0, 0.1) is 0 Å². The molecule has 0 aromatic carbocycles. The second kappa shape index (κ2) is 6.73. The van der Waals surface area contributed by atoms with E-state index in [4.69, 9.17) is 18.0 Å². The van der Waals surface area contributed by atoms with Gasteiger partial charge in [-0.1, -0.05) is 0 Å². The number of rotatable bonds is 2. The van der Waals surface area contributed by atoms with Gasteiger partial charge in [0.05, 0.1) is 0 Å². The van der Waals surface area contributed by atoms with Gasteiger partial charge >= 0.3 is 27.3 Å². The summed E-state index contributed by atoms with van der Waals surface area (Å²) in [6.45, 7) is 5.88. The molecule has 0 amide bonds. The van der Waals surface area contributed by atoms with Crippen molar-refractivity contribution in [2.45, 2.75) is 13.8 Å². The Kier molecular flexibility index (Phi) is 9.20. The third-order valence-corrected chi connectivity index (χ3v) is 1.33. The summed E-state index contributed by atoms with van der Waals surface area (Å²) in [6, 6.07) is 0. The van der Waals surface area contributed by atoms with Crippen LogP contribution in [0.2, 0.25) is 0 Å². The molecule has 0 unspecified atom stereocenters. The van der Waals surface area contributed by atoms with Crippen molar-refractivity contribution in [3.8, 4) is 0 Å². The molecule has 9 heavy (non-hydrogen) atoms. The fourth-order valence-electron chi connectivity index (χ4n) is 0.535. The van der Waals surface area contributed by atoms with Crippen LogP contribution in [0.3, 0.4) is 0 Å². The molecule has 2 radical (unpaired) electrons.